The van der Waals surface area contributed by atoms with E-state index in [-0.39, 0.29) is 0 Å². The minimum atomic E-state index is 1.07. The molecule has 0 aromatic heterocycles. The van der Waals surface area contributed by atoms with E-state index in [0.29, 0.717) is 0 Å². The van der Waals surface area contributed by atoms with Gasteiger partial charge < -0.3 is 0 Å². The van der Waals surface area contributed by atoms with Crippen LogP contribution in [0.2, 0.25) is 0 Å². The molecule has 0 amide bonds. The third-order valence-corrected chi connectivity index (χ3v) is 4.13. The van der Waals surface area contributed by atoms with Gasteiger partial charge in [-0.2, -0.15) is 0 Å². The van der Waals surface area contributed by atoms with Crippen molar-refractivity contribution in [1.29, 1.82) is 0 Å². The van der Waals surface area contributed by atoms with Crippen LogP contribution in [0.1, 0.15) is 42.9 Å². The quantitative estimate of drug-likeness (QED) is 0.603. The maximum absolute atomic E-state index is 4.30. The predicted molar refractivity (Wildman–Crippen MR) is 85.2 cm³/mol. The average Bonchev–Trinajstić information content (AvgIpc) is 2.55. The molecule has 1 aliphatic carbocycles. The van der Waals surface area contributed by atoms with Gasteiger partial charge in [-0.1, -0.05) is 49.9 Å². The molecule has 0 atom stereocenters. The zero-order valence-electron chi connectivity index (χ0n) is 11.8. The monoisotopic (exact) mass is 248 g/mol. The van der Waals surface area contributed by atoms with Crippen LogP contribution in [-0.4, -0.2) is 0 Å². The van der Waals surface area contributed by atoms with E-state index in [1.165, 1.54) is 38.6 Å². The molecule has 0 aliphatic heterocycles. The van der Waals surface area contributed by atoms with Crippen molar-refractivity contribution in [3.05, 3.63) is 59.7 Å². The Bertz CT molecular complexity index is 686. The van der Waals surface area contributed by atoms with Crippen LogP contribution in [-0.2, 0) is 0 Å². The molecule has 0 heteroatoms. The van der Waals surface area contributed by atoms with Crippen LogP contribution in [0.3, 0.4) is 0 Å². The van der Waals surface area contributed by atoms with Crippen molar-refractivity contribution in [2.45, 2.75) is 33.1 Å². The van der Waals surface area contributed by atoms with Crippen LogP contribution in [0.15, 0.2) is 43.0 Å². The Morgan fingerprint density at radius 1 is 1.11 bits per heavy atom. The molecular weight excluding hydrogens is 228 g/mol. The van der Waals surface area contributed by atoms with Gasteiger partial charge in [0.1, 0.15) is 0 Å². The van der Waals surface area contributed by atoms with Gasteiger partial charge in [-0.25, -0.2) is 0 Å². The van der Waals surface area contributed by atoms with Gasteiger partial charge in [0.2, 0.25) is 0 Å². The van der Waals surface area contributed by atoms with Crippen molar-refractivity contribution in [1.82, 2.24) is 0 Å². The fraction of sp³-hybridized carbons (Fsp3) is 0.263. The van der Waals surface area contributed by atoms with E-state index in [1.54, 1.807) is 0 Å². The third-order valence-electron chi connectivity index (χ3n) is 4.13. The molecule has 96 valence electrons. The number of hydrogen-bond donors (Lipinski definition) is 0. The summed E-state index contributed by atoms with van der Waals surface area (Å²) in [5.74, 6) is 0. The minimum Gasteiger partial charge on any atom is -0.0952 e. The molecule has 0 radical (unpaired) electrons. The largest absolute Gasteiger partial charge is 0.0952 e. The lowest BCUT2D eigenvalue weighted by Gasteiger charge is -2.12. The Hall–Kier alpha value is -1.82. The Kier molecular flexibility index (Phi) is 3.02. The molecule has 3 rings (SSSR count). The summed E-state index contributed by atoms with van der Waals surface area (Å²) in [4.78, 5) is 0. The van der Waals surface area contributed by atoms with E-state index in [9.17, 15) is 0 Å². The smallest absolute Gasteiger partial charge is 0.00310 e. The summed E-state index contributed by atoms with van der Waals surface area (Å²) in [6.07, 6.45) is 5.65. The van der Waals surface area contributed by atoms with Crippen molar-refractivity contribution in [3.63, 3.8) is 0 Å². The van der Waals surface area contributed by atoms with E-state index >= 15 is 0 Å². The lowest BCUT2D eigenvalue weighted by atomic mass is 9.92. The second kappa shape index (κ2) is 4.70. The number of aryl methyl sites for hydroxylation is 1. The van der Waals surface area contributed by atoms with E-state index in [0.717, 1.165) is 19.3 Å². The highest BCUT2D eigenvalue weighted by Crippen LogP contribution is 2.40. The van der Waals surface area contributed by atoms with Crippen LogP contribution < -0.4 is 0 Å². The molecule has 0 N–H and O–H groups in total. The van der Waals surface area contributed by atoms with Gasteiger partial charge in [0.25, 0.3) is 0 Å². The molecule has 0 fully saturated rings. The summed E-state index contributed by atoms with van der Waals surface area (Å²) in [6, 6.07) is 11.2. The van der Waals surface area contributed by atoms with Crippen molar-refractivity contribution >= 4 is 21.9 Å². The Morgan fingerprint density at radius 2 is 1.95 bits per heavy atom. The molecule has 0 spiro atoms. The summed E-state index contributed by atoms with van der Waals surface area (Å²) in [6.45, 7) is 8.70. The minimum absolute atomic E-state index is 1.07. The maximum Gasteiger partial charge on any atom is -0.00310 e. The number of benzene rings is 2. The zero-order chi connectivity index (χ0) is 13.4. The first-order valence-electron chi connectivity index (χ1n) is 7.12. The van der Waals surface area contributed by atoms with Gasteiger partial charge in [0.05, 0.1) is 0 Å². The van der Waals surface area contributed by atoms with Crippen molar-refractivity contribution in [2.75, 3.05) is 0 Å². The second-order valence-electron chi connectivity index (χ2n) is 5.40. The van der Waals surface area contributed by atoms with Gasteiger partial charge in [0.15, 0.2) is 0 Å². The highest BCUT2D eigenvalue weighted by atomic mass is 14.2. The summed E-state index contributed by atoms with van der Waals surface area (Å²) >= 11 is 0. The highest BCUT2D eigenvalue weighted by Gasteiger charge is 2.17. The first-order chi connectivity index (χ1) is 9.22. The normalized spacial score (nSPS) is 16.9. The number of allylic oxidation sites excluding steroid dienone is 3. The first-order valence-corrected chi connectivity index (χ1v) is 7.12. The van der Waals surface area contributed by atoms with E-state index in [1.807, 2.05) is 0 Å². The molecule has 2 aromatic carbocycles. The van der Waals surface area contributed by atoms with E-state index in [2.05, 4.69) is 56.8 Å². The topological polar surface area (TPSA) is 0 Å². The van der Waals surface area contributed by atoms with Crippen molar-refractivity contribution in [2.24, 2.45) is 0 Å². The van der Waals surface area contributed by atoms with Crippen LogP contribution in [0, 0.1) is 6.92 Å². The van der Waals surface area contributed by atoms with Gasteiger partial charge >= 0.3 is 0 Å². The molecule has 0 heterocycles. The van der Waals surface area contributed by atoms with E-state index < -0.39 is 0 Å². The highest BCUT2D eigenvalue weighted by molar-refractivity contribution is 6.04. The Labute approximate surface area is 115 Å². The molecule has 2 aromatic rings. The average molecular weight is 248 g/mol. The van der Waals surface area contributed by atoms with Crippen LogP contribution in [0.5, 0.6) is 0 Å². The molecule has 19 heavy (non-hydrogen) atoms. The molecule has 0 saturated heterocycles. The lowest BCUT2D eigenvalue weighted by Crippen LogP contribution is -1.89. The lowest BCUT2D eigenvalue weighted by molar-refractivity contribution is 1.08. The van der Waals surface area contributed by atoms with E-state index in [4.69, 9.17) is 0 Å². The number of hydrogen-bond acceptors (Lipinski definition) is 0. The maximum atomic E-state index is 4.30. The Morgan fingerprint density at radius 3 is 2.74 bits per heavy atom. The third kappa shape index (κ3) is 1.92. The SMILES string of the molecule is C=C1CCC(=CCC)c2ccc(C)c3cccc1c23. The van der Waals surface area contributed by atoms with Gasteiger partial charge in [0, 0.05) is 0 Å². The molecule has 0 saturated carbocycles. The van der Waals surface area contributed by atoms with Crippen LogP contribution in [0.25, 0.3) is 21.9 Å². The summed E-state index contributed by atoms with van der Waals surface area (Å²) < 4.78 is 0. The van der Waals surface area contributed by atoms with Crippen LogP contribution in [0.4, 0.5) is 0 Å². The van der Waals surface area contributed by atoms with Crippen LogP contribution >= 0.6 is 0 Å². The summed E-state index contributed by atoms with van der Waals surface area (Å²) in [5, 5.41) is 2.78. The van der Waals surface area contributed by atoms with Crippen molar-refractivity contribution in [3.8, 4) is 0 Å². The zero-order valence-corrected chi connectivity index (χ0v) is 11.8. The van der Waals surface area contributed by atoms with Gasteiger partial charge in [-0.05, 0) is 64.8 Å². The molecule has 1 aliphatic rings. The Balaban J connectivity index is 2.44. The van der Waals surface area contributed by atoms with Gasteiger partial charge in [-0.3, -0.25) is 0 Å². The molecular formula is C19H20. The second-order valence-corrected chi connectivity index (χ2v) is 5.40. The molecule has 0 nitrogen and oxygen atoms in total. The summed E-state index contributed by atoms with van der Waals surface area (Å²) in [7, 11) is 0. The summed E-state index contributed by atoms with van der Waals surface area (Å²) in [5.41, 5.74) is 6.87. The first kappa shape index (κ1) is 12.2. The standard InChI is InChI=1S/C19H20/c1-4-6-15-11-9-13(2)16-7-5-8-17-14(3)10-12-18(15)19(16)17/h5-8,10,12H,2,4,9,11H2,1,3H3. The fourth-order valence-electron chi connectivity index (χ4n) is 3.13. The van der Waals surface area contributed by atoms with Gasteiger partial charge in [-0.15, -0.1) is 0 Å². The number of rotatable bonds is 1. The molecule has 0 unspecified atom stereocenters. The molecule has 0 bridgehead atoms. The predicted octanol–water partition coefficient (Wildman–Crippen LogP) is 5.75. The fourth-order valence-corrected chi connectivity index (χ4v) is 3.13. The van der Waals surface area contributed by atoms with Crippen molar-refractivity contribution < 1.29 is 0 Å².